The second kappa shape index (κ2) is 8.44. The highest BCUT2D eigenvalue weighted by Gasteiger charge is 2.34. The highest BCUT2D eigenvalue weighted by molar-refractivity contribution is 8.15. The van der Waals surface area contributed by atoms with Crippen LogP contribution in [0.15, 0.2) is 24.3 Å². The van der Waals surface area contributed by atoms with Gasteiger partial charge in [-0.2, -0.15) is 0 Å². The van der Waals surface area contributed by atoms with Gasteiger partial charge in [-0.05, 0) is 12.1 Å². The number of rotatable bonds is 6. The van der Waals surface area contributed by atoms with Gasteiger partial charge < -0.3 is 10.6 Å². The third-order valence-corrected chi connectivity index (χ3v) is 5.71. The lowest BCUT2D eigenvalue weighted by molar-refractivity contribution is -0.122. The minimum Gasteiger partial charge on any atom is -0.324 e. The largest absolute Gasteiger partial charge is 0.324 e. The highest BCUT2D eigenvalue weighted by Crippen LogP contribution is 2.26. The predicted molar refractivity (Wildman–Crippen MR) is 103 cm³/mol. The molecule has 2 atom stereocenters. The van der Waals surface area contributed by atoms with E-state index in [4.69, 9.17) is 0 Å². The van der Waals surface area contributed by atoms with Gasteiger partial charge >= 0.3 is 0 Å². The van der Waals surface area contributed by atoms with Crippen molar-refractivity contribution in [1.82, 2.24) is 10.6 Å². The summed E-state index contributed by atoms with van der Waals surface area (Å²) in [7, 11) is 0. The summed E-state index contributed by atoms with van der Waals surface area (Å²) in [6, 6.07) is 6.40. The second-order valence-electron chi connectivity index (χ2n) is 5.82. The van der Waals surface area contributed by atoms with Crippen molar-refractivity contribution >= 4 is 69.0 Å². The maximum absolute atomic E-state index is 12.2. The van der Waals surface area contributed by atoms with Crippen molar-refractivity contribution in [2.24, 2.45) is 0 Å². The van der Waals surface area contributed by atoms with Gasteiger partial charge in [0.1, 0.15) is 10.5 Å². The van der Waals surface area contributed by atoms with E-state index in [0.717, 1.165) is 23.5 Å². The number of benzene rings is 1. The molecular formula is C16H14N4O6S2. The van der Waals surface area contributed by atoms with Crippen LogP contribution in [-0.2, 0) is 19.2 Å². The van der Waals surface area contributed by atoms with Gasteiger partial charge in [-0.15, -0.1) is 0 Å². The van der Waals surface area contributed by atoms with E-state index in [1.807, 2.05) is 0 Å². The van der Waals surface area contributed by atoms with Crippen molar-refractivity contribution in [3.8, 4) is 0 Å². The summed E-state index contributed by atoms with van der Waals surface area (Å²) in [6.45, 7) is 0. The molecule has 4 N–H and O–H groups in total. The quantitative estimate of drug-likeness (QED) is 0.531. The molecule has 0 spiro atoms. The van der Waals surface area contributed by atoms with Crippen LogP contribution in [-0.4, -0.2) is 44.6 Å². The molecule has 3 rings (SSSR count). The zero-order chi connectivity index (χ0) is 20.3. The molecular weight excluding hydrogens is 408 g/mol. The van der Waals surface area contributed by atoms with Crippen LogP contribution in [0, 0.1) is 0 Å². The van der Waals surface area contributed by atoms with Crippen LogP contribution in [0.1, 0.15) is 12.8 Å². The molecule has 0 saturated carbocycles. The Labute approximate surface area is 166 Å². The summed E-state index contributed by atoms with van der Waals surface area (Å²) in [4.78, 5) is 69.8. The van der Waals surface area contributed by atoms with Gasteiger partial charge in [0.15, 0.2) is 0 Å². The van der Waals surface area contributed by atoms with Crippen molar-refractivity contribution < 1.29 is 28.8 Å². The Bertz CT molecular complexity index is 819. The van der Waals surface area contributed by atoms with Gasteiger partial charge in [0.2, 0.25) is 23.6 Å². The molecule has 2 saturated heterocycles. The molecule has 0 bridgehead atoms. The number of amides is 6. The van der Waals surface area contributed by atoms with Crippen LogP contribution in [0.25, 0.3) is 0 Å². The Balaban J connectivity index is 1.59. The summed E-state index contributed by atoms with van der Waals surface area (Å²) in [5.41, 5.74) is 0.602. The van der Waals surface area contributed by atoms with Crippen LogP contribution < -0.4 is 21.3 Å². The molecule has 2 fully saturated rings. The Morgan fingerprint density at radius 2 is 1.18 bits per heavy atom. The molecule has 0 aromatic heterocycles. The van der Waals surface area contributed by atoms with Gasteiger partial charge in [-0.25, -0.2) is 0 Å². The monoisotopic (exact) mass is 422 g/mol. The van der Waals surface area contributed by atoms with Crippen molar-refractivity contribution in [2.45, 2.75) is 23.3 Å². The molecule has 2 aliphatic heterocycles. The van der Waals surface area contributed by atoms with Crippen molar-refractivity contribution in [2.75, 3.05) is 10.6 Å². The lowest BCUT2D eigenvalue weighted by Crippen LogP contribution is -2.28. The van der Waals surface area contributed by atoms with E-state index in [2.05, 4.69) is 21.3 Å². The fraction of sp³-hybridized carbons (Fsp3) is 0.250. The maximum Gasteiger partial charge on any atom is 0.286 e. The zero-order valence-corrected chi connectivity index (χ0v) is 15.8. The molecule has 2 aliphatic rings. The first-order chi connectivity index (χ1) is 13.3. The van der Waals surface area contributed by atoms with E-state index in [-0.39, 0.29) is 12.8 Å². The molecule has 2 heterocycles. The molecule has 12 heteroatoms. The highest BCUT2D eigenvalue weighted by atomic mass is 32.2. The van der Waals surface area contributed by atoms with E-state index in [0.29, 0.717) is 11.4 Å². The number of anilines is 2. The minimum atomic E-state index is -0.801. The molecule has 28 heavy (non-hydrogen) atoms. The van der Waals surface area contributed by atoms with E-state index in [9.17, 15) is 28.8 Å². The Kier molecular flexibility index (Phi) is 5.99. The van der Waals surface area contributed by atoms with Crippen LogP contribution in [0.4, 0.5) is 21.0 Å². The van der Waals surface area contributed by atoms with Gasteiger partial charge in [-0.3, -0.25) is 39.4 Å². The summed E-state index contributed by atoms with van der Waals surface area (Å²) >= 11 is 1.50. The first kappa shape index (κ1) is 19.9. The third-order valence-electron chi connectivity index (χ3n) is 3.75. The molecule has 1 aromatic carbocycles. The number of carbonyl (C=O) groups is 6. The van der Waals surface area contributed by atoms with Gasteiger partial charge in [0.25, 0.3) is 10.5 Å². The second-order valence-corrected chi connectivity index (χ2v) is 8.17. The van der Waals surface area contributed by atoms with Crippen molar-refractivity contribution in [1.29, 1.82) is 0 Å². The van der Waals surface area contributed by atoms with Crippen molar-refractivity contribution in [3.63, 3.8) is 0 Å². The number of imide groups is 2. The number of thioether (sulfide) groups is 2. The number of hydrogen-bond acceptors (Lipinski definition) is 8. The van der Waals surface area contributed by atoms with Crippen LogP contribution in [0.3, 0.4) is 0 Å². The van der Waals surface area contributed by atoms with Crippen LogP contribution in [0.2, 0.25) is 0 Å². The minimum absolute atomic E-state index is 0.203. The van der Waals surface area contributed by atoms with E-state index in [1.54, 1.807) is 24.3 Å². The topological polar surface area (TPSA) is 151 Å². The summed E-state index contributed by atoms with van der Waals surface area (Å²) in [5, 5.41) is 6.79. The third kappa shape index (κ3) is 4.89. The van der Waals surface area contributed by atoms with E-state index >= 15 is 0 Å². The molecule has 0 unspecified atom stereocenters. The van der Waals surface area contributed by atoms with Crippen LogP contribution >= 0.6 is 23.5 Å². The number of carbonyl (C=O) groups excluding carboxylic acids is 6. The van der Waals surface area contributed by atoms with E-state index < -0.39 is 44.6 Å². The molecule has 0 radical (unpaired) electrons. The fourth-order valence-corrected chi connectivity index (χ4v) is 4.13. The number of nitrogens with one attached hydrogen (secondary N) is 4. The normalized spacial score (nSPS) is 21.3. The molecule has 10 nitrogen and oxygen atoms in total. The average Bonchev–Trinajstić information content (AvgIpc) is 3.09. The summed E-state index contributed by atoms with van der Waals surface area (Å²) in [5.74, 6) is -2.04. The molecule has 0 aliphatic carbocycles. The number of hydrogen-bond donors (Lipinski definition) is 4. The van der Waals surface area contributed by atoms with Crippen LogP contribution in [0.5, 0.6) is 0 Å². The lowest BCUT2D eigenvalue weighted by Gasteiger charge is -2.13. The Morgan fingerprint density at radius 3 is 1.50 bits per heavy atom. The van der Waals surface area contributed by atoms with E-state index in [1.165, 1.54) is 0 Å². The maximum atomic E-state index is 12.2. The SMILES string of the molecule is O=C(C[C@@H]1SC(=O)NC1=O)Nc1ccccc1NC(=O)C[C@H]1SC(=O)NC1=O. The molecule has 1 aromatic rings. The average molecular weight is 422 g/mol. The number of para-hydroxylation sites is 2. The summed E-state index contributed by atoms with van der Waals surface area (Å²) in [6.07, 6.45) is -0.406. The predicted octanol–water partition coefficient (Wildman–Crippen LogP) is 1.05. The Morgan fingerprint density at radius 1 is 0.786 bits per heavy atom. The Hall–Kier alpha value is -2.86. The lowest BCUT2D eigenvalue weighted by atomic mass is 10.2. The molecule has 146 valence electrons. The standard InChI is InChI=1S/C16H14N4O6S2/c21-11(5-9-13(23)19-15(25)27-9)17-7-3-1-2-4-8(7)18-12(22)6-10-14(24)20-16(26)28-10/h1-4,9-10H,5-6H2,(H,17,21)(H,18,22)(H,19,23,25)(H,20,24,26)/t9-,10+. The van der Waals surface area contributed by atoms with Gasteiger partial charge in [-0.1, -0.05) is 35.7 Å². The first-order valence-corrected chi connectivity index (χ1v) is 9.79. The zero-order valence-electron chi connectivity index (χ0n) is 14.1. The summed E-state index contributed by atoms with van der Waals surface area (Å²) < 4.78 is 0. The molecule has 6 amide bonds. The fourth-order valence-electron chi connectivity index (χ4n) is 2.50. The smallest absolute Gasteiger partial charge is 0.286 e. The van der Waals surface area contributed by atoms with Gasteiger partial charge in [0, 0.05) is 12.8 Å². The van der Waals surface area contributed by atoms with Crippen molar-refractivity contribution in [3.05, 3.63) is 24.3 Å². The van der Waals surface area contributed by atoms with Gasteiger partial charge in [0.05, 0.1) is 11.4 Å². The first-order valence-electron chi connectivity index (χ1n) is 8.03.